The lowest BCUT2D eigenvalue weighted by atomic mass is 10.0. The molecule has 34 heavy (non-hydrogen) atoms. The standard InChI is InChI=1S/C31H44N2O/c1-4-6-7-8-9-10-11-12-13-15-18-26-21-23-27(24-22-26)29-31(34-25-5-2)30(33(3)32-29)28-19-16-14-17-20-28/h14,16-17,19-24H,4-13,15,18,25H2,1-3H3. The maximum Gasteiger partial charge on any atom is 0.173 e. The van der Waals surface area contributed by atoms with Crippen LogP contribution in [0.3, 0.4) is 0 Å². The third-order valence-electron chi connectivity index (χ3n) is 6.55. The molecule has 3 aromatic rings. The average Bonchev–Trinajstić information content (AvgIpc) is 3.20. The number of aryl methyl sites for hydroxylation is 2. The molecule has 3 nitrogen and oxygen atoms in total. The Labute approximate surface area is 207 Å². The van der Waals surface area contributed by atoms with E-state index < -0.39 is 0 Å². The smallest absolute Gasteiger partial charge is 0.173 e. The van der Waals surface area contributed by atoms with Crippen LogP contribution in [-0.4, -0.2) is 16.4 Å². The van der Waals surface area contributed by atoms with E-state index in [4.69, 9.17) is 9.84 Å². The van der Waals surface area contributed by atoms with Gasteiger partial charge in [0.2, 0.25) is 0 Å². The number of unbranched alkanes of at least 4 members (excludes halogenated alkanes) is 9. The van der Waals surface area contributed by atoms with Gasteiger partial charge in [0.05, 0.1) is 6.61 Å². The van der Waals surface area contributed by atoms with E-state index in [0.717, 1.165) is 41.1 Å². The number of benzene rings is 2. The topological polar surface area (TPSA) is 27.1 Å². The van der Waals surface area contributed by atoms with Crippen molar-refractivity contribution in [3.63, 3.8) is 0 Å². The van der Waals surface area contributed by atoms with Crippen molar-refractivity contribution in [2.75, 3.05) is 6.61 Å². The summed E-state index contributed by atoms with van der Waals surface area (Å²) in [7, 11) is 2.00. The Morgan fingerprint density at radius 3 is 1.91 bits per heavy atom. The number of aromatic nitrogens is 2. The summed E-state index contributed by atoms with van der Waals surface area (Å²) in [6.07, 6.45) is 15.9. The van der Waals surface area contributed by atoms with E-state index in [1.165, 1.54) is 69.8 Å². The number of nitrogens with zero attached hydrogens (tertiary/aromatic N) is 2. The van der Waals surface area contributed by atoms with Crippen molar-refractivity contribution in [1.82, 2.24) is 9.78 Å². The fourth-order valence-corrected chi connectivity index (χ4v) is 4.59. The lowest BCUT2D eigenvalue weighted by Gasteiger charge is -2.10. The second-order valence-electron chi connectivity index (χ2n) is 9.49. The summed E-state index contributed by atoms with van der Waals surface area (Å²) in [5.74, 6) is 0.887. The molecule has 0 saturated heterocycles. The first-order chi connectivity index (χ1) is 16.7. The number of hydrogen-bond donors (Lipinski definition) is 0. The van der Waals surface area contributed by atoms with Gasteiger partial charge in [-0.15, -0.1) is 0 Å². The van der Waals surface area contributed by atoms with Crippen molar-refractivity contribution >= 4 is 0 Å². The van der Waals surface area contributed by atoms with Crippen LogP contribution in [0, 0.1) is 0 Å². The molecule has 0 amide bonds. The Kier molecular flexibility index (Phi) is 11.2. The van der Waals surface area contributed by atoms with E-state index >= 15 is 0 Å². The van der Waals surface area contributed by atoms with Gasteiger partial charge < -0.3 is 4.74 Å². The zero-order valence-corrected chi connectivity index (χ0v) is 21.7. The normalized spacial score (nSPS) is 11.1. The molecule has 0 aliphatic rings. The van der Waals surface area contributed by atoms with E-state index in [1.807, 2.05) is 17.8 Å². The van der Waals surface area contributed by atoms with Gasteiger partial charge in [0, 0.05) is 18.2 Å². The third-order valence-corrected chi connectivity index (χ3v) is 6.55. The monoisotopic (exact) mass is 460 g/mol. The van der Waals surface area contributed by atoms with Crippen molar-refractivity contribution in [3.05, 3.63) is 60.2 Å². The number of hydrogen-bond acceptors (Lipinski definition) is 2. The first-order valence-electron chi connectivity index (χ1n) is 13.6. The quantitative estimate of drug-likeness (QED) is 0.199. The van der Waals surface area contributed by atoms with Crippen molar-refractivity contribution in [2.45, 2.75) is 90.9 Å². The van der Waals surface area contributed by atoms with Gasteiger partial charge in [-0.25, -0.2) is 0 Å². The van der Waals surface area contributed by atoms with Gasteiger partial charge in [0.25, 0.3) is 0 Å². The van der Waals surface area contributed by atoms with Crippen molar-refractivity contribution in [2.24, 2.45) is 7.05 Å². The molecule has 0 spiro atoms. The zero-order chi connectivity index (χ0) is 24.0. The van der Waals surface area contributed by atoms with Crippen LogP contribution in [0.5, 0.6) is 5.75 Å². The third kappa shape index (κ3) is 7.75. The van der Waals surface area contributed by atoms with Gasteiger partial charge in [-0.3, -0.25) is 4.68 Å². The number of rotatable bonds is 16. The van der Waals surface area contributed by atoms with Gasteiger partial charge >= 0.3 is 0 Å². The fraction of sp³-hybridized carbons (Fsp3) is 0.516. The van der Waals surface area contributed by atoms with Crippen LogP contribution >= 0.6 is 0 Å². The predicted molar refractivity (Wildman–Crippen MR) is 145 cm³/mol. The maximum absolute atomic E-state index is 6.23. The van der Waals surface area contributed by atoms with Crippen LogP contribution in [-0.2, 0) is 13.5 Å². The molecule has 3 heteroatoms. The van der Waals surface area contributed by atoms with Crippen molar-refractivity contribution in [3.8, 4) is 28.3 Å². The summed E-state index contributed by atoms with van der Waals surface area (Å²) in [6, 6.07) is 19.4. The van der Waals surface area contributed by atoms with Gasteiger partial charge in [-0.2, -0.15) is 5.10 Å². The second kappa shape index (κ2) is 14.7. The lowest BCUT2D eigenvalue weighted by molar-refractivity contribution is 0.320. The van der Waals surface area contributed by atoms with Gasteiger partial charge in [-0.1, -0.05) is 126 Å². The van der Waals surface area contributed by atoms with Gasteiger partial charge in [0.15, 0.2) is 5.75 Å². The molecular formula is C31H44N2O. The van der Waals surface area contributed by atoms with Crippen molar-refractivity contribution in [1.29, 1.82) is 0 Å². The zero-order valence-electron chi connectivity index (χ0n) is 21.7. The van der Waals surface area contributed by atoms with Crippen LogP contribution in [0.25, 0.3) is 22.5 Å². The maximum atomic E-state index is 6.23. The number of ether oxygens (including phenoxy) is 1. The summed E-state index contributed by atoms with van der Waals surface area (Å²) in [4.78, 5) is 0. The lowest BCUT2D eigenvalue weighted by Crippen LogP contribution is -1.98. The Balaban J connectivity index is 1.55. The Bertz CT molecular complexity index is 944. The van der Waals surface area contributed by atoms with E-state index in [1.54, 1.807) is 0 Å². The van der Waals surface area contributed by atoms with Crippen molar-refractivity contribution < 1.29 is 4.74 Å². The molecule has 1 heterocycles. The van der Waals surface area contributed by atoms with E-state index in [2.05, 4.69) is 62.4 Å². The highest BCUT2D eigenvalue weighted by atomic mass is 16.5. The molecule has 0 atom stereocenters. The van der Waals surface area contributed by atoms with Crippen LogP contribution in [0.1, 0.15) is 90.0 Å². The summed E-state index contributed by atoms with van der Waals surface area (Å²) >= 11 is 0. The molecule has 0 radical (unpaired) electrons. The molecule has 0 fully saturated rings. The van der Waals surface area contributed by atoms with Crippen LogP contribution < -0.4 is 4.74 Å². The minimum absolute atomic E-state index is 0.690. The molecule has 0 aliphatic heterocycles. The first-order valence-corrected chi connectivity index (χ1v) is 13.6. The molecule has 2 aromatic carbocycles. The van der Waals surface area contributed by atoms with E-state index in [9.17, 15) is 0 Å². The minimum Gasteiger partial charge on any atom is -0.489 e. The Hall–Kier alpha value is -2.55. The molecule has 0 aliphatic carbocycles. The Morgan fingerprint density at radius 2 is 1.29 bits per heavy atom. The van der Waals surface area contributed by atoms with Gasteiger partial charge in [-0.05, 0) is 24.8 Å². The van der Waals surface area contributed by atoms with E-state index in [0.29, 0.717) is 6.61 Å². The molecule has 0 unspecified atom stereocenters. The SMILES string of the molecule is CCCCCCCCCCCCc1ccc(-c2nn(C)c(-c3ccccc3)c2OCCC)cc1. The van der Waals surface area contributed by atoms with E-state index in [-0.39, 0.29) is 0 Å². The molecule has 184 valence electrons. The average molecular weight is 461 g/mol. The molecular weight excluding hydrogens is 416 g/mol. The molecule has 0 bridgehead atoms. The van der Waals surface area contributed by atoms with Gasteiger partial charge in [0.1, 0.15) is 11.4 Å². The molecule has 3 rings (SSSR count). The summed E-state index contributed by atoms with van der Waals surface area (Å²) in [5.41, 5.74) is 5.64. The van der Waals surface area contributed by atoms with Crippen LogP contribution in [0.15, 0.2) is 54.6 Å². The van der Waals surface area contributed by atoms with Crippen LogP contribution in [0.2, 0.25) is 0 Å². The first kappa shape index (κ1) is 26.1. The molecule has 1 aromatic heterocycles. The highest BCUT2D eigenvalue weighted by Crippen LogP contribution is 2.38. The highest BCUT2D eigenvalue weighted by molar-refractivity contribution is 5.78. The largest absolute Gasteiger partial charge is 0.489 e. The summed E-state index contributed by atoms with van der Waals surface area (Å²) in [5, 5.41) is 4.86. The van der Waals surface area contributed by atoms with Crippen LogP contribution in [0.4, 0.5) is 0 Å². The summed E-state index contributed by atoms with van der Waals surface area (Å²) < 4.78 is 8.18. The summed E-state index contributed by atoms with van der Waals surface area (Å²) in [6.45, 7) is 5.11. The molecule has 0 saturated carbocycles. The second-order valence-corrected chi connectivity index (χ2v) is 9.49. The fourth-order valence-electron chi connectivity index (χ4n) is 4.59. The Morgan fingerprint density at radius 1 is 0.676 bits per heavy atom. The molecule has 0 N–H and O–H groups in total. The highest BCUT2D eigenvalue weighted by Gasteiger charge is 2.20. The minimum atomic E-state index is 0.690. The predicted octanol–water partition coefficient (Wildman–Crippen LogP) is 9.01.